The van der Waals surface area contributed by atoms with Gasteiger partial charge in [-0.1, -0.05) is 13.8 Å². The molecule has 0 atom stereocenters. The summed E-state index contributed by atoms with van der Waals surface area (Å²) in [6.07, 6.45) is 1.33. The SMILES string of the molecule is COC(=O)CCCN(C)CC(C)(C)CN. The lowest BCUT2D eigenvalue weighted by Crippen LogP contribution is -2.37. The van der Waals surface area contributed by atoms with Gasteiger partial charge in [-0.3, -0.25) is 4.79 Å². The minimum absolute atomic E-state index is 0.138. The maximum Gasteiger partial charge on any atom is 0.305 e. The maximum atomic E-state index is 10.9. The smallest absolute Gasteiger partial charge is 0.305 e. The Labute approximate surface area is 92.8 Å². The summed E-state index contributed by atoms with van der Waals surface area (Å²) in [6, 6.07) is 0. The molecule has 0 spiro atoms. The predicted molar refractivity (Wildman–Crippen MR) is 61.6 cm³/mol. The Bertz CT molecular complexity index is 193. The average Bonchev–Trinajstić information content (AvgIpc) is 2.16. The van der Waals surface area contributed by atoms with Gasteiger partial charge in [0, 0.05) is 13.0 Å². The summed E-state index contributed by atoms with van der Waals surface area (Å²) in [4.78, 5) is 13.1. The average molecular weight is 216 g/mol. The lowest BCUT2D eigenvalue weighted by molar-refractivity contribution is -0.140. The molecular weight excluding hydrogens is 192 g/mol. The van der Waals surface area contributed by atoms with Gasteiger partial charge in [0.15, 0.2) is 0 Å². The Morgan fingerprint density at radius 3 is 2.53 bits per heavy atom. The summed E-state index contributed by atoms with van der Waals surface area (Å²) in [5, 5.41) is 0. The van der Waals surface area contributed by atoms with E-state index < -0.39 is 0 Å². The molecule has 0 radical (unpaired) electrons. The molecule has 0 aromatic rings. The van der Waals surface area contributed by atoms with Gasteiger partial charge in [0.05, 0.1) is 7.11 Å². The van der Waals surface area contributed by atoms with Crippen molar-refractivity contribution < 1.29 is 9.53 Å². The van der Waals surface area contributed by atoms with Crippen LogP contribution in [0.25, 0.3) is 0 Å². The molecule has 90 valence electrons. The molecule has 0 aliphatic carbocycles. The molecule has 0 heterocycles. The van der Waals surface area contributed by atoms with Gasteiger partial charge >= 0.3 is 5.97 Å². The fraction of sp³-hybridized carbons (Fsp3) is 0.909. The second-order valence-corrected chi connectivity index (χ2v) is 4.79. The van der Waals surface area contributed by atoms with Gasteiger partial charge in [0.25, 0.3) is 0 Å². The van der Waals surface area contributed by atoms with Crippen molar-refractivity contribution in [2.45, 2.75) is 26.7 Å². The Morgan fingerprint density at radius 2 is 2.07 bits per heavy atom. The van der Waals surface area contributed by atoms with Crippen LogP contribution >= 0.6 is 0 Å². The van der Waals surface area contributed by atoms with Crippen LogP contribution in [0.3, 0.4) is 0 Å². The quantitative estimate of drug-likeness (QED) is 0.641. The second-order valence-electron chi connectivity index (χ2n) is 4.79. The number of nitrogens with two attached hydrogens (primary N) is 1. The summed E-state index contributed by atoms with van der Waals surface area (Å²) >= 11 is 0. The van der Waals surface area contributed by atoms with Crippen LogP contribution in [0.15, 0.2) is 0 Å². The number of esters is 1. The third kappa shape index (κ3) is 7.33. The van der Waals surface area contributed by atoms with E-state index in [1.54, 1.807) is 0 Å². The van der Waals surface area contributed by atoms with E-state index in [9.17, 15) is 4.79 Å². The zero-order chi connectivity index (χ0) is 11.9. The molecule has 0 fully saturated rings. The number of carbonyl (C=O) groups is 1. The minimum atomic E-state index is -0.138. The van der Waals surface area contributed by atoms with Gasteiger partial charge in [-0.15, -0.1) is 0 Å². The summed E-state index contributed by atoms with van der Waals surface area (Å²) in [7, 11) is 3.47. The molecule has 0 amide bonds. The van der Waals surface area contributed by atoms with E-state index in [1.165, 1.54) is 7.11 Å². The van der Waals surface area contributed by atoms with E-state index >= 15 is 0 Å². The van der Waals surface area contributed by atoms with Gasteiger partial charge < -0.3 is 15.4 Å². The first-order chi connectivity index (χ1) is 6.91. The molecule has 0 aromatic carbocycles. The fourth-order valence-corrected chi connectivity index (χ4v) is 1.47. The van der Waals surface area contributed by atoms with Crippen LogP contribution in [0.4, 0.5) is 0 Å². The van der Waals surface area contributed by atoms with Gasteiger partial charge in [-0.2, -0.15) is 0 Å². The van der Waals surface area contributed by atoms with Crippen LogP contribution < -0.4 is 5.73 Å². The van der Waals surface area contributed by atoms with Crippen molar-refractivity contribution in [3.63, 3.8) is 0 Å². The topological polar surface area (TPSA) is 55.6 Å². The van der Waals surface area contributed by atoms with Gasteiger partial charge in [0.2, 0.25) is 0 Å². The number of hydrogen-bond acceptors (Lipinski definition) is 4. The van der Waals surface area contributed by atoms with E-state index in [0.717, 1.165) is 19.5 Å². The highest BCUT2D eigenvalue weighted by Crippen LogP contribution is 2.13. The third-order valence-electron chi connectivity index (χ3n) is 2.40. The minimum Gasteiger partial charge on any atom is -0.469 e. The normalized spacial score (nSPS) is 11.9. The highest BCUT2D eigenvalue weighted by atomic mass is 16.5. The number of ether oxygens (including phenoxy) is 1. The lowest BCUT2D eigenvalue weighted by Gasteiger charge is -2.28. The summed E-state index contributed by atoms with van der Waals surface area (Å²) < 4.78 is 4.58. The number of nitrogens with zero attached hydrogens (tertiary/aromatic N) is 1. The first-order valence-electron chi connectivity index (χ1n) is 5.37. The predicted octanol–water partition coefficient (Wildman–Crippen LogP) is 0.856. The van der Waals surface area contributed by atoms with E-state index in [1.807, 2.05) is 0 Å². The maximum absolute atomic E-state index is 10.9. The van der Waals surface area contributed by atoms with E-state index in [2.05, 4.69) is 30.5 Å². The van der Waals surface area contributed by atoms with Crippen molar-refractivity contribution >= 4 is 5.97 Å². The third-order valence-corrected chi connectivity index (χ3v) is 2.40. The van der Waals surface area contributed by atoms with Crippen molar-refractivity contribution in [3.8, 4) is 0 Å². The van der Waals surface area contributed by atoms with Gasteiger partial charge in [0.1, 0.15) is 0 Å². The summed E-state index contributed by atoms with van der Waals surface area (Å²) in [5.74, 6) is -0.138. The van der Waals surface area contributed by atoms with Crippen LogP contribution in [0.2, 0.25) is 0 Å². The molecule has 0 saturated carbocycles. The molecule has 0 bridgehead atoms. The van der Waals surface area contributed by atoms with Crippen molar-refractivity contribution in [2.24, 2.45) is 11.1 Å². The number of carbonyl (C=O) groups excluding carboxylic acids is 1. The molecule has 0 aliphatic rings. The molecule has 4 nitrogen and oxygen atoms in total. The number of rotatable bonds is 7. The van der Waals surface area contributed by atoms with Crippen LogP contribution in [0.1, 0.15) is 26.7 Å². The van der Waals surface area contributed by atoms with Crippen LogP contribution in [0, 0.1) is 5.41 Å². The van der Waals surface area contributed by atoms with Crippen LogP contribution in [-0.2, 0) is 9.53 Å². The fourth-order valence-electron chi connectivity index (χ4n) is 1.47. The first-order valence-corrected chi connectivity index (χ1v) is 5.37. The van der Waals surface area contributed by atoms with Crippen LogP contribution in [0.5, 0.6) is 0 Å². The van der Waals surface area contributed by atoms with E-state index in [0.29, 0.717) is 13.0 Å². The molecule has 15 heavy (non-hydrogen) atoms. The molecule has 0 aliphatic heterocycles. The molecule has 4 heteroatoms. The number of hydrogen-bond donors (Lipinski definition) is 1. The van der Waals surface area contributed by atoms with Gasteiger partial charge in [-0.25, -0.2) is 0 Å². The summed E-state index contributed by atoms with van der Waals surface area (Å²) in [6.45, 7) is 6.81. The van der Waals surface area contributed by atoms with Crippen LogP contribution in [-0.4, -0.2) is 44.7 Å². The van der Waals surface area contributed by atoms with Crippen molar-refractivity contribution in [3.05, 3.63) is 0 Å². The molecule has 0 rings (SSSR count). The van der Waals surface area contributed by atoms with Crippen molar-refractivity contribution in [1.82, 2.24) is 4.90 Å². The molecule has 0 aromatic heterocycles. The lowest BCUT2D eigenvalue weighted by atomic mass is 9.93. The van der Waals surface area contributed by atoms with E-state index in [-0.39, 0.29) is 11.4 Å². The molecule has 0 unspecified atom stereocenters. The molecular formula is C11H24N2O2. The summed E-state index contributed by atoms with van der Waals surface area (Å²) in [5.41, 5.74) is 5.79. The zero-order valence-corrected chi connectivity index (χ0v) is 10.4. The van der Waals surface area contributed by atoms with Crippen molar-refractivity contribution in [2.75, 3.05) is 33.8 Å². The Hall–Kier alpha value is -0.610. The monoisotopic (exact) mass is 216 g/mol. The Balaban J connectivity index is 3.66. The highest BCUT2D eigenvalue weighted by molar-refractivity contribution is 5.69. The zero-order valence-electron chi connectivity index (χ0n) is 10.4. The molecule has 2 N–H and O–H groups in total. The van der Waals surface area contributed by atoms with E-state index in [4.69, 9.17) is 5.73 Å². The largest absolute Gasteiger partial charge is 0.469 e. The highest BCUT2D eigenvalue weighted by Gasteiger charge is 2.17. The van der Waals surface area contributed by atoms with Gasteiger partial charge in [-0.05, 0) is 32.0 Å². The second kappa shape index (κ2) is 6.80. The Kier molecular flexibility index (Phi) is 6.52. The first kappa shape index (κ1) is 14.4. The molecule has 0 saturated heterocycles. The number of methoxy groups -OCH3 is 1. The Morgan fingerprint density at radius 1 is 1.47 bits per heavy atom. The van der Waals surface area contributed by atoms with Crippen molar-refractivity contribution in [1.29, 1.82) is 0 Å². The standard InChI is InChI=1S/C11H24N2O2/c1-11(2,8-12)9-13(3)7-5-6-10(14)15-4/h5-9,12H2,1-4H3.